The van der Waals surface area contributed by atoms with Gasteiger partial charge in [-0.3, -0.25) is 9.59 Å². The van der Waals surface area contributed by atoms with E-state index in [9.17, 15) is 9.59 Å². The van der Waals surface area contributed by atoms with E-state index in [1.807, 2.05) is 31.2 Å². The maximum Gasteiger partial charge on any atom is 0.231 e. The van der Waals surface area contributed by atoms with E-state index in [1.165, 1.54) is 11.3 Å². The first-order chi connectivity index (χ1) is 11.6. The normalized spacial score (nSPS) is 17.3. The Morgan fingerprint density at radius 2 is 2.17 bits per heavy atom. The third kappa shape index (κ3) is 3.46. The Morgan fingerprint density at radius 1 is 1.38 bits per heavy atom. The molecule has 2 aromatic rings. The molecule has 3 rings (SSSR count). The molecule has 1 aromatic heterocycles. The van der Waals surface area contributed by atoms with Crippen molar-refractivity contribution in [3.63, 3.8) is 0 Å². The Kier molecular flexibility index (Phi) is 4.89. The summed E-state index contributed by atoms with van der Waals surface area (Å²) in [7, 11) is 0. The minimum absolute atomic E-state index is 0.0200. The summed E-state index contributed by atoms with van der Waals surface area (Å²) in [6.45, 7) is 4.44. The van der Waals surface area contributed by atoms with Crippen molar-refractivity contribution in [2.45, 2.75) is 33.1 Å². The number of anilines is 2. The van der Waals surface area contributed by atoms with Crippen LogP contribution in [0.1, 0.15) is 30.3 Å². The average Bonchev–Trinajstić information content (AvgIpc) is 3.15. The van der Waals surface area contributed by atoms with Gasteiger partial charge in [0, 0.05) is 25.1 Å². The maximum atomic E-state index is 12.4. The van der Waals surface area contributed by atoms with Crippen LogP contribution in [-0.2, 0) is 16.0 Å². The Balaban J connectivity index is 1.66. The predicted molar refractivity (Wildman–Crippen MR) is 94.2 cm³/mol. The van der Waals surface area contributed by atoms with Gasteiger partial charge in [-0.05, 0) is 25.0 Å². The fourth-order valence-corrected chi connectivity index (χ4v) is 3.65. The van der Waals surface area contributed by atoms with E-state index in [4.69, 9.17) is 0 Å². The lowest BCUT2D eigenvalue weighted by atomic mass is 10.1. The van der Waals surface area contributed by atoms with Crippen LogP contribution in [0.15, 0.2) is 24.3 Å². The summed E-state index contributed by atoms with van der Waals surface area (Å²) < 4.78 is 0. The molecule has 0 bridgehead atoms. The van der Waals surface area contributed by atoms with Crippen LogP contribution in [0, 0.1) is 12.8 Å². The highest BCUT2D eigenvalue weighted by Gasteiger charge is 2.35. The number of carbonyl (C=O) groups excluding carboxylic acids is 2. The quantitative estimate of drug-likeness (QED) is 0.905. The summed E-state index contributed by atoms with van der Waals surface area (Å²) >= 11 is 1.39. The van der Waals surface area contributed by atoms with Gasteiger partial charge in [0.1, 0.15) is 5.01 Å². The zero-order valence-electron chi connectivity index (χ0n) is 13.8. The van der Waals surface area contributed by atoms with Crippen LogP contribution in [-0.4, -0.2) is 28.6 Å². The molecule has 126 valence electrons. The molecule has 2 heterocycles. The molecule has 1 unspecified atom stereocenters. The van der Waals surface area contributed by atoms with E-state index in [0.29, 0.717) is 11.7 Å². The SMILES string of the molecule is CCCc1nnc(NC(=O)C2CC(=O)N(c3ccccc3C)C2)s1. The van der Waals surface area contributed by atoms with Crippen LogP contribution in [0.4, 0.5) is 10.8 Å². The molecule has 2 amide bonds. The predicted octanol–water partition coefficient (Wildman–Crippen LogP) is 2.79. The summed E-state index contributed by atoms with van der Waals surface area (Å²) in [5.41, 5.74) is 1.90. The Labute approximate surface area is 144 Å². The van der Waals surface area contributed by atoms with Gasteiger partial charge in [-0.1, -0.05) is 36.5 Å². The average molecular weight is 344 g/mol. The smallest absolute Gasteiger partial charge is 0.231 e. The molecule has 24 heavy (non-hydrogen) atoms. The highest BCUT2D eigenvalue weighted by molar-refractivity contribution is 7.15. The van der Waals surface area contributed by atoms with E-state index >= 15 is 0 Å². The van der Waals surface area contributed by atoms with Gasteiger partial charge in [0.05, 0.1) is 5.92 Å². The molecule has 1 aliphatic rings. The highest BCUT2D eigenvalue weighted by atomic mass is 32.1. The molecule has 0 aliphatic carbocycles. The van der Waals surface area contributed by atoms with Crippen LogP contribution >= 0.6 is 11.3 Å². The van der Waals surface area contributed by atoms with Gasteiger partial charge >= 0.3 is 0 Å². The Hall–Kier alpha value is -2.28. The number of rotatable bonds is 5. The molecule has 1 N–H and O–H groups in total. The van der Waals surface area contributed by atoms with E-state index in [2.05, 4.69) is 22.4 Å². The van der Waals surface area contributed by atoms with Gasteiger partial charge in [0.25, 0.3) is 0 Å². The van der Waals surface area contributed by atoms with Crippen LogP contribution in [0.25, 0.3) is 0 Å². The van der Waals surface area contributed by atoms with Crippen molar-refractivity contribution in [1.29, 1.82) is 0 Å². The van der Waals surface area contributed by atoms with Gasteiger partial charge in [-0.25, -0.2) is 0 Å². The molecule has 0 spiro atoms. The number of amides is 2. The monoisotopic (exact) mass is 344 g/mol. The molecule has 7 heteroatoms. The fourth-order valence-electron chi connectivity index (χ4n) is 2.81. The van der Waals surface area contributed by atoms with E-state index < -0.39 is 0 Å². The summed E-state index contributed by atoms with van der Waals surface area (Å²) in [5.74, 6) is -0.553. The number of nitrogens with one attached hydrogen (secondary N) is 1. The lowest BCUT2D eigenvalue weighted by Crippen LogP contribution is -2.28. The molecule has 1 saturated heterocycles. The van der Waals surface area contributed by atoms with Crippen molar-refractivity contribution in [2.75, 3.05) is 16.8 Å². The number of aromatic nitrogens is 2. The number of hydrogen-bond donors (Lipinski definition) is 1. The van der Waals surface area contributed by atoms with Gasteiger partial charge in [-0.2, -0.15) is 0 Å². The number of aryl methyl sites for hydroxylation is 2. The summed E-state index contributed by atoms with van der Waals surface area (Å²) in [6, 6.07) is 7.72. The van der Waals surface area contributed by atoms with Crippen molar-refractivity contribution in [3.05, 3.63) is 34.8 Å². The van der Waals surface area contributed by atoms with E-state index in [0.717, 1.165) is 29.1 Å². The first-order valence-electron chi connectivity index (χ1n) is 8.07. The van der Waals surface area contributed by atoms with Crippen LogP contribution in [0.3, 0.4) is 0 Å². The second kappa shape index (κ2) is 7.09. The van der Waals surface area contributed by atoms with E-state index in [-0.39, 0.29) is 24.2 Å². The molecule has 0 radical (unpaired) electrons. The minimum Gasteiger partial charge on any atom is -0.311 e. The van der Waals surface area contributed by atoms with Crippen LogP contribution in [0.2, 0.25) is 0 Å². The fraction of sp³-hybridized carbons (Fsp3) is 0.412. The number of benzene rings is 1. The number of carbonyl (C=O) groups is 2. The third-order valence-corrected chi connectivity index (χ3v) is 4.96. The van der Waals surface area contributed by atoms with Crippen molar-refractivity contribution >= 4 is 34.0 Å². The lowest BCUT2D eigenvalue weighted by molar-refractivity contribution is -0.122. The second-order valence-corrected chi connectivity index (χ2v) is 6.99. The van der Waals surface area contributed by atoms with Crippen molar-refractivity contribution in [2.24, 2.45) is 5.92 Å². The van der Waals surface area contributed by atoms with Gasteiger partial charge in [0.2, 0.25) is 16.9 Å². The first kappa shape index (κ1) is 16.6. The van der Waals surface area contributed by atoms with Crippen molar-refractivity contribution in [1.82, 2.24) is 10.2 Å². The Bertz CT molecular complexity index is 759. The molecule has 1 aromatic carbocycles. The molecule has 0 saturated carbocycles. The summed E-state index contributed by atoms with van der Waals surface area (Å²) in [6.07, 6.45) is 2.07. The number of hydrogen-bond acceptors (Lipinski definition) is 5. The van der Waals surface area contributed by atoms with Gasteiger partial charge < -0.3 is 10.2 Å². The zero-order chi connectivity index (χ0) is 17.1. The van der Waals surface area contributed by atoms with Crippen LogP contribution < -0.4 is 10.2 Å². The molecule has 1 atom stereocenters. The standard InChI is InChI=1S/C17H20N4O2S/c1-3-6-14-19-20-17(24-14)18-16(23)12-9-15(22)21(10-12)13-8-5-4-7-11(13)2/h4-5,7-8,12H,3,6,9-10H2,1-2H3,(H,18,20,23). The van der Waals surface area contributed by atoms with Gasteiger partial charge in [-0.15, -0.1) is 10.2 Å². The van der Waals surface area contributed by atoms with E-state index in [1.54, 1.807) is 4.90 Å². The zero-order valence-corrected chi connectivity index (χ0v) is 14.6. The summed E-state index contributed by atoms with van der Waals surface area (Å²) in [4.78, 5) is 26.4. The summed E-state index contributed by atoms with van der Waals surface area (Å²) in [5, 5.41) is 12.3. The largest absolute Gasteiger partial charge is 0.311 e. The maximum absolute atomic E-state index is 12.4. The minimum atomic E-state index is -0.365. The first-order valence-corrected chi connectivity index (χ1v) is 8.89. The number of para-hydroxylation sites is 1. The second-order valence-electron chi connectivity index (χ2n) is 5.93. The number of nitrogens with zero attached hydrogens (tertiary/aromatic N) is 3. The van der Waals surface area contributed by atoms with Gasteiger partial charge in [0.15, 0.2) is 0 Å². The molecule has 1 fully saturated rings. The Morgan fingerprint density at radius 3 is 2.92 bits per heavy atom. The highest BCUT2D eigenvalue weighted by Crippen LogP contribution is 2.28. The lowest BCUT2D eigenvalue weighted by Gasteiger charge is -2.18. The van der Waals surface area contributed by atoms with Crippen LogP contribution in [0.5, 0.6) is 0 Å². The van der Waals surface area contributed by atoms with Crippen molar-refractivity contribution in [3.8, 4) is 0 Å². The molecule has 6 nitrogen and oxygen atoms in total. The third-order valence-electron chi connectivity index (χ3n) is 4.06. The topological polar surface area (TPSA) is 75.2 Å². The molecule has 1 aliphatic heterocycles. The molecular formula is C17H20N4O2S. The van der Waals surface area contributed by atoms with Crippen molar-refractivity contribution < 1.29 is 9.59 Å². The molecular weight excluding hydrogens is 324 g/mol.